The van der Waals surface area contributed by atoms with E-state index in [4.69, 9.17) is 11.6 Å². The summed E-state index contributed by atoms with van der Waals surface area (Å²) in [7, 11) is -3.64. The topological polar surface area (TPSA) is 96.4 Å². The van der Waals surface area contributed by atoms with Gasteiger partial charge in [0.15, 0.2) is 9.84 Å². The minimum atomic E-state index is -3.64. The molecule has 12 heteroatoms. The molecule has 0 radical (unpaired) electrons. The number of nitrogens with zero attached hydrogens (tertiary/aromatic N) is 2. The fourth-order valence-electron chi connectivity index (χ4n) is 4.07. The van der Waals surface area contributed by atoms with E-state index in [2.05, 4.69) is 10.3 Å². The smallest absolute Gasteiger partial charge is 0.256 e. The lowest BCUT2D eigenvalue weighted by atomic mass is 10.0. The monoisotopic (exact) mass is 515 g/mol. The number of hydrogen-bond donors (Lipinski definition) is 1. The van der Waals surface area contributed by atoms with Gasteiger partial charge in [0.2, 0.25) is 5.91 Å². The Morgan fingerprint density at radius 1 is 1.18 bits per heavy atom. The van der Waals surface area contributed by atoms with Crippen molar-refractivity contribution in [2.75, 3.05) is 12.8 Å². The number of alkyl halides is 1. The van der Waals surface area contributed by atoms with Gasteiger partial charge in [0.1, 0.15) is 23.8 Å². The van der Waals surface area contributed by atoms with Crippen LogP contribution in [-0.4, -0.2) is 55.1 Å². The Bertz CT molecular complexity index is 1260. The van der Waals surface area contributed by atoms with E-state index in [1.165, 1.54) is 0 Å². The molecule has 1 aromatic heterocycles. The Balaban J connectivity index is 1.58. The van der Waals surface area contributed by atoms with Crippen molar-refractivity contribution in [1.29, 1.82) is 0 Å². The number of pyridine rings is 1. The summed E-state index contributed by atoms with van der Waals surface area (Å²) in [6.07, 6.45) is 2.75. The Kier molecular flexibility index (Phi) is 6.61. The summed E-state index contributed by atoms with van der Waals surface area (Å²) in [6, 6.07) is 0.789. The van der Waals surface area contributed by atoms with E-state index in [1.54, 1.807) is 0 Å². The Labute approximate surface area is 199 Å². The molecule has 34 heavy (non-hydrogen) atoms. The number of likely N-dealkylation sites (tertiary alicyclic amines) is 1. The van der Waals surface area contributed by atoms with Crippen molar-refractivity contribution in [1.82, 2.24) is 15.2 Å². The zero-order valence-corrected chi connectivity index (χ0v) is 19.5. The first-order valence-electron chi connectivity index (χ1n) is 10.5. The van der Waals surface area contributed by atoms with Gasteiger partial charge in [0.05, 0.1) is 28.1 Å². The molecule has 3 atom stereocenters. The van der Waals surface area contributed by atoms with E-state index >= 15 is 0 Å². The second kappa shape index (κ2) is 9.18. The van der Waals surface area contributed by atoms with Crippen LogP contribution in [0.2, 0.25) is 5.02 Å². The van der Waals surface area contributed by atoms with Gasteiger partial charge in [0.25, 0.3) is 5.91 Å². The van der Waals surface area contributed by atoms with Crippen molar-refractivity contribution in [3.8, 4) is 0 Å². The normalized spacial score (nSPS) is 21.4. The van der Waals surface area contributed by atoms with Gasteiger partial charge in [-0.25, -0.2) is 21.6 Å². The summed E-state index contributed by atoms with van der Waals surface area (Å²) in [5, 5.41) is 2.27. The van der Waals surface area contributed by atoms with Gasteiger partial charge in [-0.3, -0.25) is 14.6 Å². The molecule has 1 aliphatic carbocycles. The Morgan fingerprint density at radius 2 is 1.88 bits per heavy atom. The average Bonchev–Trinajstić information content (AvgIpc) is 3.54. The summed E-state index contributed by atoms with van der Waals surface area (Å²) >= 11 is 5.63. The van der Waals surface area contributed by atoms with Crippen molar-refractivity contribution >= 4 is 33.3 Å². The van der Waals surface area contributed by atoms with Crippen LogP contribution in [0.3, 0.4) is 0 Å². The third-order valence-corrected chi connectivity index (χ3v) is 7.34. The molecule has 2 aliphatic rings. The van der Waals surface area contributed by atoms with Gasteiger partial charge in [-0.05, 0) is 37.0 Å². The minimum Gasteiger partial charge on any atom is -0.347 e. The van der Waals surface area contributed by atoms with Crippen LogP contribution in [0.5, 0.6) is 0 Å². The molecule has 7 nitrogen and oxygen atoms in total. The highest BCUT2D eigenvalue weighted by Crippen LogP contribution is 2.42. The van der Waals surface area contributed by atoms with E-state index in [1.807, 2.05) is 0 Å². The van der Waals surface area contributed by atoms with Crippen LogP contribution in [0.25, 0.3) is 0 Å². The van der Waals surface area contributed by atoms with Crippen LogP contribution in [0, 0.1) is 17.6 Å². The lowest BCUT2D eigenvalue weighted by Gasteiger charge is -2.27. The fraction of sp³-hybridized carbons (Fsp3) is 0.409. The number of sulfone groups is 1. The first-order valence-corrected chi connectivity index (χ1v) is 12.8. The van der Waals surface area contributed by atoms with Gasteiger partial charge in [-0.1, -0.05) is 11.6 Å². The van der Waals surface area contributed by atoms with Crippen LogP contribution >= 0.6 is 11.6 Å². The number of rotatable bonds is 6. The summed E-state index contributed by atoms with van der Waals surface area (Å²) in [4.78, 5) is 30.7. The maximum Gasteiger partial charge on any atom is 0.256 e. The molecule has 0 unspecified atom stereocenters. The quantitative estimate of drug-likeness (QED) is 0.596. The van der Waals surface area contributed by atoms with E-state index < -0.39 is 51.5 Å². The predicted octanol–water partition coefficient (Wildman–Crippen LogP) is 3.24. The molecule has 2 aromatic rings. The second-order valence-corrected chi connectivity index (χ2v) is 11.0. The lowest BCUT2D eigenvalue weighted by molar-refractivity contribution is -0.125. The number of amides is 2. The van der Waals surface area contributed by atoms with Gasteiger partial charge in [0, 0.05) is 30.6 Å². The van der Waals surface area contributed by atoms with Crippen LogP contribution in [-0.2, 0) is 14.6 Å². The van der Waals surface area contributed by atoms with Crippen LogP contribution in [0.4, 0.5) is 13.2 Å². The molecule has 1 N–H and O–H groups in total. The molecular formula is C22H21ClF3N3O4S. The first kappa shape index (κ1) is 24.5. The van der Waals surface area contributed by atoms with Gasteiger partial charge >= 0.3 is 0 Å². The first-order chi connectivity index (χ1) is 16.0. The van der Waals surface area contributed by atoms with Crippen LogP contribution in [0.15, 0.2) is 35.5 Å². The molecule has 1 aliphatic heterocycles. The number of benzene rings is 1. The fourth-order valence-corrected chi connectivity index (χ4v) is 4.81. The van der Waals surface area contributed by atoms with Crippen molar-refractivity contribution < 1.29 is 31.2 Å². The van der Waals surface area contributed by atoms with Crippen molar-refractivity contribution in [2.24, 2.45) is 5.92 Å². The highest BCUT2D eigenvalue weighted by Gasteiger charge is 2.43. The highest BCUT2D eigenvalue weighted by molar-refractivity contribution is 7.90. The maximum atomic E-state index is 14.5. The third kappa shape index (κ3) is 5.05. The molecule has 2 fully saturated rings. The number of halogens is 4. The summed E-state index contributed by atoms with van der Waals surface area (Å²) in [6.45, 7) is -0.377. The van der Waals surface area contributed by atoms with Gasteiger partial charge in [-0.15, -0.1) is 0 Å². The SMILES string of the molecule is CS(=O)(=O)c1cncc(C(=O)N2C[C@@H](F)C[C@@H]2C(=O)N[C@@H](c2cc(F)c(Cl)cc2F)C2CC2)c1. The number of carbonyl (C=O) groups is 2. The predicted molar refractivity (Wildman–Crippen MR) is 117 cm³/mol. The van der Waals surface area contributed by atoms with E-state index in [0.29, 0.717) is 12.8 Å². The summed E-state index contributed by atoms with van der Waals surface area (Å²) < 4.78 is 66.4. The molecular weight excluding hydrogens is 495 g/mol. The van der Waals surface area contributed by atoms with Gasteiger partial charge in [-0.2, -0.15) is 0 Å². The minimum absolute atomic E-state index is 0.0736. The Hall–Kier alpha value is -2.66. The maximum absolute atomic E-state index is 14.5. The third-order valence-electron chi connectivity index (χ3n) is 5.97. The molecule has 182 valence electrons. The van der Waals surface area contributed by atoms with Crippen molar-refractivity contribution in [3.63, 3.8) is 0 Å². The largest absolute Gasteiger partial charge is 0.347 e. The van der Waals surface area contributed by atoms with Crippen molar-refractivity contribution in [3.05, 3.63) is 58.4 Å². The van der Waals surface area contributed by atoms with Gasteiger partial charge < -0.3 is 10.2 Å². The molecule has 1 aromatic carbocycles. The number of aromatic nitrogens is 1. The van der Waals surface area contributed by atoms with Crippen molar-refractivity contribution in [2.45, 2.75) is 42.4 Å². The molecule has 1 saturated carbocycles. The lowest BCUT2D eigenvalue weighted by Crippen LogP contribution is -2.47. The zero-order chi connectivity index (χ0) is 24.8. The molecule has 0 spiro atoms. The molecule has 4 rings (SSSR count). The molecule has 1 saturated heterocycles. The van der Waals surface area contributed by atoms with Crippen LogP contribution < -0.4 is 5.32 Å². The highest BCUT2D eigenvalue weighted by atomic mass is 35.5. The standard InChI is InChI=1S/C22H21ClF3N3O4S/c1-34(32,33)14-4-12(8-27-9-14)22(31)29-10-13(24)5-19(29)21(30)28-20(11-2-3-11)15-6-18(26)16(23)7-17(15)25/h4,6-9,11,13,19-20H,2-3,5,10H2,1H3,(H,28,30)/t13-,19+,20+/m0/s1. The number of carbonyl (C=O) groups excluding carboxylic acids is 2. The molecule has 2 heterocycles. The van der Waals surface area contributed by atoms with E-state index in [9.17, 15) is 31.2 Å². The number of nitrogens with one attached hydrogen (secondary N) is 1. The molecule has 2 amide bonds. The Morgan fingerprint density at radius 3 is 2.53 bits per heavy atom. The summed E-state index contributed by atoms with van der Waals surface area (Å²) in [5.74, 6) is -3.23. The second-order valence-electron chi connectivity index (χ2n) is 8.60. The number of hydrogen-bond acceptors (Lipinski definition) is 5. The molecule has 0 bridgehead atoms. The van der Waals surface area contributed by atoms with E-state index in [-0.39, 0.29) is 39.9 Å². The summed E-state index contributed by atoms with van der Waals surface area (Å²) in [5.41, 5.74) is -0.185. The average molecular weight is 516 g/mol. The van der Waals surface area contributed by atoms with E-state index in [0.717, 1.165) is 41.7 Å². The van der Waals surface area contributed by atoms with Crippen LogP contribution in [0.1, 0.15) is 41.2 Å². The zero-order valence-electron chi connectivity index (χ0n) is 18.0.